The molecular formula is C20H22FN7O4S. The number of anilines is 2. The molecule has 0 unspecified atom stereocenters. The summed E-state index contributed by atoms with van der Waals surface area (Å²) in [6, 6.07) is 4.29. The summed E-state index contributed by atoms with van der Waals surface area (Å²) in [4.78, 5) is 20.8. The molecule has 3 rings (SSSR count). The maximum atomic E-state index is 13.6. The van der Waals surface area contributed by atoms with Crippen molar-refractivity contribution >= 4 is 33.7 Å². The molecule has 0 radical (unpaired) electrons. The van der Waals surface area contributed by atoms with Gasteiger partial charge in [-0.1, -0.05) is 11.8 Å². The van der Waals surface area contributed by atoms with Gasteiger partial charge in [0.1, 0.15) is 11.9 Å². The molecule has 0 aliphatic carbocycles. The van der Waals surface area contributed by atoms with E-state index in [-0.39, 0.29) is 11.5 Å². The molecule has 11 nitrogen and oxygen atoms in total. The first-order valence-corrected chi connectivity index (χ1v) is 11.5. The summed E-state index contributed by atoms with van der Waals surface area (Å²) in [5.41, 5.74) is 2.06. The van der Waals surface area contributed by atoms with Gasteiger partial charge in [-0.25, -0.2) is 27.3 Å². The van der Waals surface area contributed by atoms with Crippen LogP contribution < -0.4 is 10.0 Å². The fraction of sp³-hybridized carbons (Fsp3) is 0.250. The van der Waals surface area contributed by atoms with Crippen LogP contribution in [-0.4, -0.2) is 45.7 Å². The Morgan fingerprint density at radius 3 is 2.73 bits per heavy atom. The van der Waals surface area contributed by atoms with E-state index in [4.69, 9.17) is 4.74 Å². The van der Waals surface area contributed by atoms with E-state index in [2.05, 4.69) is 36.9 Å². The van der Waals surface area contributed by atoms with Gasteiger partial charge < -0.3 is 4.74 Å². The van der Waals surface area contributed by atoms with Gasteiger partial charge in [0.25, 0.3) is 0 Å². The first-order chi connectivity index (χ1) is 15.5. The van der Waals surface area contributed by atoms with E-state index in [1.54, 1.807) is 27.0 Å². The molecule has 3 aromatic heterocycles. The second-order valence-corrected chi connectivity index (χ2v) is 8.87. The van der Waals surface area contributed by atoms with Crippen LogP contribution in [0.25, 0.3) is 17.5 Å². The van der Waals surface area contributed by atoms with Crippen LogP contribution in [0.3, 0.4) is 0 Å². The number of hydrogen-bond donors (Lipinski definition) is 2. The molecule has 0 saturated carbocycles. The Morgan fingerprint density at radius 2 is 2.09 bits per heavy atom. The van der Waals surface area contributed by atoms with Crippen LogP contribution in [0.15, 0.2) is 31.0 Å². The second kappa shape index (κ2) is 9.32. The monoisotopic (exact) mass is 475 g/mol. The zero-order chi connectivity index (χ0) is 24.3. The van der Waals surface area contributed by atoms with Crippen molar-refractivity contribution in [1.82, 2.24) is 25.0 Å². The summed E-state index contributed by atoms with van der Waals surface area (Å²) in [5.74, 6) is -0.371. The largest absolute Gasteiger partial charge is 0.441 e. The molecule has 33 heavy (non-hydrogen) atoms. The van der Waals surface area contributed by atoms with Crippen molar-refractivity contribution in [2.45, 2.75) is 20.0 Å². The van der Waals surface area contributed by atoms with Crippen LogP contribution in [0.1, 0.15) is 30.0 Å². The number of nitrogens with zero attached hydrogens (tertiary/aromatic N) is 5. The van der Waals surface area contributed by atoms with Gasteiger partial charge >= 0.3 is 6.09 Å². The standard InChI is InChI=1S/C20H22FN7O4S/c1-6-15-14(9-13(21)10-22-15)12(3)32-20(29)24-19-18(25-27-28(19)4)17-8-7-16(11(2)23-17)26-33(5,30)31/h6-10,12,26H,1H2,2-5H3,(H,24,29)/t12-/m1/s1. The summed E-state index contributed by atoms with van der Waals surface area (Å²) >= 11 is 0. The molecular weight excluding hydrogens is 453 g/mol. The Hall–Kier alpha value is -3.87. The van der Waals surface area contributed by atoms with E-state index in [1.807, 2.05) is 0 Å². The molecule has 0 aromatic carbocycles. The summed E-state index contributed by atoms with van der Waals surface area (Å²) < 4.78 is 45.6. The van der Waals surface area contributed by atoms with Crippen molar-refractivity contribution in [3.63, 3.8) is 0 Å². The van der Waals surface area contributed by atoms with Crippen LogP contribution in [0.4, 0.5) is 20.7 Å². The van der Waals surface area contributed by atoms with E-state index in [9.17, 15) is 17.6 Å². The molecule has 1 atom stereocenters. The molecule has 3 heterocycles. The average Bonchev–Trinajstić information content (AvgIpc) is 3.08. The van der Waals surface area contributed by atoms with Gasteiger partial charge in [0.05, 0.1) is 35.2 Å². The fourth-order valence-corrected chi connectivity index (χ4v) is 3.60. The molecule has 0 aliphatic heterocycles. The number of ether oxygens (including phenoxy) is 1. The number of aryl methyl sites for hydroxylation is 2. The van der Waals surface area contributed by atoms with Gasteiger partial charge in [-0.15, -0.1) is 5.10 Å². The second-order valence-electron chi connectivity index (χ2n) is 7.12. The SMILES string of the molecule is C=Cc1ncc(F)cc1[C@@H](C)OC(=O)Nc1c(-c2ccc(NS(C)(=O)=O)c(C)n2)nnn1C. The van der Waals surface area contributed by atoms with Crippen LogP contribution in [0, 0.1) is 12.7 Å². The molecule has 2 N–H and O–H groups in total. The van der Waals surface area contributed by atoms with Crippen molar-refractivity contribution in [3.05, 3.63) is 53.7 Å². The lowest BCUT2D eigenvalue weighted by atomic mass is 10.1. The van der Waals surface area contributed by atoms with Crippen LogP contribution >= 0.6 is 0 Å². The number of carbonyl (C=O) groups excluding carboxylic acids is 1. The Morgan fingerprint density at radius 1 is 1.36 bits per heavy atom. The molecule has 0 spiro atoms. The molecule has 13 heteroatoms. The van der Waals surface area contributed by atoms with Crippen molar-refractivity contribution in [3.8, 4) is 11.4 Å². The maximum absolute atomic E-state index is 13.6. The van der Waals surface area contributed by atoms with E-state index in [0.29, 0.717) is 28.3 Å². The third-order valence-corrected chi connectivity index (χ3v) is 5.09. The zero-order valence-corrected chi connectivity index (χ0v) is 19.1. The minimum atomic E-state index is -3.47. The molecule has 174 valence electrons. The van der Waals surface area contributed by atoms with E-state index in [1.165, 1.54) is 22.9 Å². The van der Waals surface area contributed by atoms with Gasteiger partial charge in [0.15, 0.2) is 11.5 Å². The van der Waals surface area contributed by atoms with Crippen molar-refractivity contribution in [2.24, 2.45) is 7.05 Å². The molecule has 1 amide bonds. The average molecular weight is 476 g/mol. The summed E-state index contributed by atoms with van der Waals surface area (Å²) in [6.45, 7) is 6.83. The van der Waals surface area contributed by atoms with Crippen LogP contribution in [-0.2, 0) is 21.8 Å². The highest BCUT2D eigenvalue weighted by Crippen LogP contribution is 2.27. The van der Waals surface area contributed by atoms with Crippen LogP contribution in [0.2, 0.25) is 0 Å². The predicted molar refractivity (Wildman–Crippen MR) is 120 cm³/mol. The third kappa shape index (κ3) is 5.68. The van der Waals surface area contributed by atoms with Crippen molar-refractivity contribution in [2.75, 3.05) is 16.3 Å². The van der Waals surface area contributed by atoms with E-state index < -0.39 is 28.0 Å². The zero-order valence-electron chi connectivity index (χ0n) is 18.3. The number of hydrogen-bond acceptors (Lipinski definition) is 8. The number of aromatic nitrogens is 5. The molecule has 0 bridgehead atoms. The lowest BCUT2D eigenvalue weighted by Crippen LogP contribution is -2.19. The number of pyridine rings is 2. The maximum Gasteiger partial charge on any atom is 0.413 e. The first kappa shape index (κ1) is 23.8. The molecule has 0 saturated heterocycles. The summed E-state index contributed by atoms with van der Waals surface area (Å²) in [5, 5.41) is 10.5. The van der Waals surface area contributed by atoms with Gasteiger partial charge in [0.2, 0.25) is 10.0 Å². The number of amides is 1. The van der Waals surface area contributed by atoms with E-state index >= 15 is 0 Å². The number of halogens is 1. The normalized spacial score (nSPS) is 12.2. The highest BCUT2D eigenvalue weighted by molar-refractivity contribution is 7.92. The number of nitrogens with one attached hydrogen (secondary N) is 2. The van der Waals surface area contributed by atoms with Gasteiger partial charge in [-0.2, -0.15) is 0 Å². The minimum Gasteiger partial charge on any atom is -0.441 e. The summed E-state index contributed by atoms with van der Waals surface area (Å²) in [6.07, 6.45) is 1.86. The molecule has 3 aromatic rings. The van der Waals surface area contributed by atoms with Crippen LogP contribution in [0.5, 0.6) is 0 Å². The topological polar surface area (TPSA) is 141 Å². The van der Waals surface area contributed by atoms with Gasteiger partial charge in [-0.05, 0) is 38.1 Å². The molecule has 0 aliphatic rings. The van der Waals surface area contributed by atoms with Gasteiger partial charge in [-0.3, -0.25) is 15.0 Å². The van der Waals surface area contributed by atoms with Crippen molar-refractivity contribution in [1.29, 1.82) is 0 Å². The predicted octanol–water partition coefficient (Wildman–Crippen LogP) is 3.04. The lowest BCUT2D eigenvalue weighted by Gasteiger charge is -2.16. The Balaban J connectivity index is 1.82. The van der Waals surface area contributed by atoms with E-state index in [0.717, 1.165) is 12.5 Å². The lowest BCUT2D eigenvalue weighted by molar-refractivity contribution is 0.120. The molecule has 0 fully saturated rings. The number of rotatable bonds is 7. The third-order valence-electron chi connectivity index (χ3n) is 4.50. The Bertz CT molecular complexity index is 1320. The quantitative estimate of drug-likeness (QED) is 0.531. The number of sulfonamides is 1. The minimum absolute atomic E-state index is 0.198. The Labute approximate surface area is 189 Å². The van der Waals surface area contributed by atoms with Crippen molar-refractivity contribution < 1.29 is 22.3 Å². The first-order valence-electron chi connectivity index (χ1n) is 9.59. The number of carbonyl (C=O) groups is 1. The highest BCUT2D eigenvalue weighted by Gasteiger charge is 2.21. The summed E-state index contributed by atoms with van der Waals surface area (Å²) in [7, 11) is -1.91. The fourth-order valence-electron chi connectivity index (χ4n) is 2.98. The smallest absolute Gasteiger partial charge is 0.413 e. The van der Waals surface area contributed by atoms with Gasteiger partial charge in [0, 0.05) is 12.6 Å². The Kier molecular flexibility index (Phi) is 6.72. The highest BCUT2D eigenvalue weighted by atomic mass is 32.2.